The van der Waals surface area contributed by atoms with Crippen molar-refractivity contribution in [3.05, 3.63) is 60.4 Å². The Bertz CT molecular complexity index is 641. The van der Waals surface area contributed by atoms with Crippen LogP contribution in [0, 0.1) is 11.9 Å². The summed E-state index contributed by atoms with van der Waals surface area (Å²) in [4.78, 5) is 0. The van der Waals surface area contributed by atoms with Crippen LogP contribution in [0.1, 0.15) is 0 Å². The highest BCUT2D eigenvalue weighted by molar-refractivity contribution is 5.97. The van der Waals surface area contributed by atoms with Crippen molar-refractivity contribution in [1.29, 1.82) is 0 Å². The van der Waals surface area contributed by atoms with E-state index in [1.165, 1.54) is 6.07 Å². The molecule has 0 heterocycles. The van der Waals surface area contributed by atoms with Gasteiger partial charge in [-0.3, -0.25) is 0 Å². The first-order valence-corrected chi connectivity index (χ1v) is 4.84. The van der Waals surface area contributed by atoms with Gasteiger partial charge in [0.25, 0.3) is 0 Å². The second-order valence-electron chi connectivity index (χ2n) is 3.56. The molecule has 0 nitrogen and oxygen atoms in total. The number of fused-ring (bicyclic) bond motifs is 2. The van der Waals surface area contributed by atoms with Crippen LogP contribution in [0.25, 0.3) is 21.5 Å². The fourth-order valence-electron chi connectivity index (χ4n) is 1.83. The number of rotatable bonds is 0. The Hall–Kier alpha value is -1.89. The standard InChI is InChI=1S/C14H8F/c15-14-7-3-6-12-8-10-4-1-2-5-11(10)9-13(12)14/h1-7,9H. The monoisotopic (exact) mass is 195 g/mol. The van der Waals surface area contributed by atoms with E-state index >= 15 is 0 Å². The molecule has 0 fully saturated rings. The molecule has 3 aromatic rings. The van der Waals surface area contributed by atoms with Gasteiger partial charge in [0.05, 0.1) is 0 Å². The van der Waals surface area contributed by atoms with Crippen molar-refractivity contribution in [1.82, 2.24) is 0 Å². The van der Waals surface area contributed by atoms with Crippen LogP contribution in [0.2, 0.25) is 0 Å². The maximum Gasteiger partial charge on any atom is 0.131 e. The zero-order valence-corrected chi connectivity index (χ0v) is 8.00. The zero-order valence-electron chi connectivity index (χ0n) is 8.00. The van der Waals surface area contributed by atoms with Crippen molar-refractivity contribution >= 4 is 21.5 Å². The molecule has 0 aliphatic heterocycles. The second-order valence-corrected chi connectivity index (χ2v) is 3.56. The zero-order chi connectivity index (χ0) is 10.3. The molecule has 3 aromatic carbocycles. The fraction of sp³-hybridized carbons (Fsp3) is 0. The molecule has 71 valence electrons. The SMILES string of the molecule is Fc1cccc2[c]c3ccccc3cc12. The molecule has 0 atom stereocenters. The van der Waals surface area contributed by atoms with Crippen LogP contribution < -0.4 is 0 Å². The second kappa shape index (κ2) is 3.06. The van der Waals surface area contributed by atoms with Gasteiger partial charge in [0, 0.05) is 5.39 Å². The van der Waals surface area contributed by atoms with Crippen molar-refractivity contribution in [2.75, 3.05) is 0 Å². The van der Waals surface area contributed by atoms with Crippen LogP contribution in [0.3, 0.4) is 0 Å². The maximum atomic E-state index is 13.5. The molecule has 0 aliphatic rings. The number of hydrogen-bond donors (Lipinski definition) is 0. The third-order valence-electron chi connectivity index (χ3n) is 2.58. The first-order valence-electron chi connectivity index (χ1n) is 4.84. The molecule has 0 saturated heterocycles. The number of hydrogen-bond acceptors (Lipinski definition) is 0. The lowest BCUT2D eigenvalue weighted by atomic mass is 10.0. The van der Waals surface area contributed by atoms with E-state index in [1.54, 1.807) is 6.07 Å². The summed E-state index contributed by atoms with van der Waals surface area (Å²) >= 11 is 0. The van der Waals surface area contributed by atoms with Gasteiger partial charge < -0.3 is 0 Å². The predicted octanol–water partition coefficient (Wildman–Crippen LogP) is 3.93. The molecule has 0 bridgehead atoms. The lowest BCUT2D eigenvalue weighted by Gasteiger charge is -2.01. The third-order valence-corrected chi connectivity index (χ3v) is 2.58. The molecule has 15 heavy (non-hydrogen) atoms. The summed E-state index contributed by atoms with van der Waals surface area (Å²) in [5.41, 5.74) is 0. The Kier molecular flexibility index (Phi) is 1.72. The van der Waals surface area contributed by atoms with Crippen molar-refractivity contribution < 1.29 is 4.39 Å². The normalized spacial score (nSPS) is 11.0. The average Bonchev–Trinajstić information content (AvgIpc) is 2.27. The molecule has 0 N–H and O–H groups in total. The summed E-state index contributed by atoms with van der Waals surface area (Å²) in [6.45, 7) is 0. The molecule has 0 spiro atoms. The van der Waals surface area contributed by atoms with Crippen LogP contribution in [0.5, 0.6) is 0 Å². The molecule has 3 rings (SSSR count). The fourth-order valence-corrected chi connectivity index (χ4v) is 1.83. The minimum atomic E-state index is -0.186. The summed E-state index contributed by atoms with van der Waals surface area (Å²) in [6, 6.07) is 18.0. The van der Waals surface area contributed by atoms with Gasteiger partial charge >= 0.3 is 0 Å². The van der Waals surface area contributed by atoms with Gasteiger partial charge in [-0.05, 0) is 34.4 Å². The van der Waals surface area contributed by atoms with Gasteiger partial charge in [-0.1, -0.05) is 36.4 Å². The maximum absolute atomic E-state index is 13.5. The highest BCUT2D eigenvalue weighted by atomic mass is 19.1. The molecular formula is C14H8F. The summed E-state index contributed by atoms with van der Waals surface area (Å²) in [6.07, 6.45) is 0. The van der Waals surface area contributed by atoms with Gasteiger partial charge in [0.2, 0.25) is 0 Å². The van der Waals surface area contributed by atoms with E-state index in [9.17, 15) is 4.39 Å². The molecule has 0 aliphatic carbocycles. The van der Waals surface area contributed by atoms with E-state index in [4.69, 9.17) is 0 Å². The topological polar surface area (TPSA) is 0 Å². The van der Waals surface area contributed by atoms with Gasteiger partial charge in [-0.2, -0.15) is 0 Å². The highest BCUT2D eigenvalue weighted by Gasteiger charge is 2.01. The molecule has 0 amide bonds. The van der Waals surface area contributed by atoms with Crippen molar-refractivity contribution in [3.8, 4) is 0 Å². The van der Waals surface area contributed by atoms with Gasteiger partial charge in [-0.15, -0.1) is 0 Å². The van der Waals surface area contributed by atoms with Crippen LogP contribution in [-0.2, 0) is 0 Å². The van der Waals surface area contributed by atoms with Crippen molar-refractivity contribution in [3.63, 3.8) is 0 Å². The lowest BCUT2D eigenvalue weighted by molar-refractivity contribution is 0.640. The first kappa shape index (κ1) is 8.42. The Morgan fingerprint density at radius 1 is 0.867 bits per heavy atom. The van der Waals surface area contributed by atoms with Crippen LogP contribution >= 0.6 is 0 Å². The smallest absolute Gasteiger partial charge is 0.131 e. The molecule has 0 saturated carbocycles. The largest absolute Gasteiger partial charge is 0.206 e. The van der Waals surface area contributed by atoms with Crippen molar-refractivity contribution in [2.24, 2.45) is 0 Å². The van der Waals surface area contributed by atoms with Gasteiger partial charge in [0.15, 0.2) is 0 Å². The molecular weight excluding hydrogens is 187 g/mol. The Morgan fingerprint density at radius 3 is 2.60 bits per heavy atom. The Labute approximate surface area is 87.0 Å². The van der Waals surface area contributed by atoms with E-state index in [0.717, 1.165) is 16.2 Å². The van der Waals surface area contributed by atoms with E-state index < -0.39 is 0 Å². The summed E-state index contributed by atoms with van der Waals surface area (Å²) < 4.78 is 13.5. The molecule has 1 heteroatoms. The minimum Gasteiger partial charge on any atom is -0.206 e. The van der Waals surface area contributed by atoms with Gasteiger partial charge in [-0.25, -0.2) is 4.39 Å². The van der Waals surface area contributed by atoms with Crippen LogP contribution in [-0.4, -0.2) is 0 Å². The van der Waals surface area contributed by atoms with Gasteiger partial charge in [0.1, 0.15) is 5.82 Å². The highest BCUT2D eigenvalue weighted by Crippen LogP contribution is 2.23. The molecule has 0 unspecified atom stereocenters. The molecule has 0 aromatic heterocycles. The first-order chi connectivity index (χ1) is 7.34. The summed E-state index contributed by atoms with van der Waals surface area (Å²) in [5, 5.41) is 3.51. The minimum absolute atomic E-state index is 0.186. The van der Waals surface area contributed by atoms with E-state index in [0.29, 0.717) is 5.39 Å². The quantitative estimate of drug-likeness (QED) is 0.477. The number of benzene rings is 3. The van der Waals surface area contributed by atoms with E-state index in [2.05, 4.69) is 6.07 Å². The van der Waals surface area contributed by atoms with E-state index in [1.807, 2.05) is 36.4 Å². The molecule has 1 radical (unpaired) electrons. The average molecular weight is 195 g/mol. The van der Waals surface area contributed by atoms with E-state index in [-0.39, 0.29) is 5.82 Å². The third kappa shape index (κ3) is 1.28. The lowest BCUT2D eigenvalue weighted by Crippen LogP contribution is -1.80. The summed E-state index contributed by atoms with van der Waals surface area (Å²) in [7, 11) is 0. The predicted molar refractivity (Wildman–Crippen MR) is 60.2 cm³/mol. The van der Waals surface area contributed by atoms with Crippen LogP contribution in [0.4, 0.5) is 4.39 Å². The Morgan fingerprint density at radius 2 is 1.67 bits per heavy atom. The summed E-state index contributed by atoms with van der Waals surface area (Å²) in [5.74, 6) is -0.186. The Balaban J connectivity index is 2.53. The number of halogens is 1. The van der Waals surface area contributed by atoms with Crippen molar-refractivity contribution in [2.45, 2.75) is 0 Å². The van der Waals surface area contributed by atoms with Crippen LogP contribution in [0.15, 0.2) is 48.5 Å².